The molecule has 6 nitrogen and oxygen atoms in total. The zero-order chi connectivity index (χ0) is 28.1. The Bertz CT molecular complexity index is 1440. The van der Waals surface area contributed by atoms with Gasteiger partial charge in [0.05, 0.1) is 22.4 Å². The van der Waals surface area contributed by atoms with Crippen molar-refractivity contribution in [3.05, 3.63) is 76.0 Å². The molecule has 1 saturated heterocycles. The molecule has 1 fully saturated rings. The topological polar surface area (TPSA) is 58.4 Å². The molecular weight excluding hydrogens is 518 g/mol. The van der Waals surface area contributed by atoms with Crippen molar-refractivity contribution in [2.24, 2.45) is 0 Å². The molecule has 0 bridgehead atoms. The molecule has 2 aromatic carbocycles. The third-order valence-corrected chi connectivity index (χ3v) is 8.84. The van der Waals surface area contributed by atoms with Crippen LogP contribution >= 0.6 is 11.8 Å². The number of fused-ring (bicyclic) bond motifs is 1. The summed E-state index contributed by atoms with van der Waals surface area (Å²) in [4.78, 5) is 30.5. The quantitative estimate of drug-likeness (QED) is 0.407. The molecule has 0 radical (unpaired) electrons. The Balaban J connectivity index is 1.80. The van der Waals surface area contributed by atoms with Crippen LogP contribution in [-0.4, -0.2) is 51.9 Å². The molecule has 3 heterocycles. The van der Waals surface area contributed by atoms with Gasteiger partial charge in [-0.05, 0) is 49.9 Å². The van der Waals surface area contributed by atoms with E-state index in [1.165, 1.54) is 28.8 Å². The Morgan fingerprint density at radius 3 is 2.49 bits per heavy atom. The molecule has 3 aromatic rings. The molecular formula is C30H34F2N4O2S. The Morgan fingerprint density at radius 1 is 1.10 bits per heavy atom. The van der Waals surface area contributed by atoms with E-state index >= 15 is 4.39 Å². The highest BCUT2D eigenvalue weighted by Crippen LogP contribution is 2.49. The number of benzene rings is 2. The summed E-state index contributed by atoms with van der Waals surface area (Å²) >= 11 is 1.29. The SMILES string of the molecule is Cc1cccc(-n2nc(C(C)(C)C)c3c2N(CC(=O)N2CCCC2)C(=O)CSC3c2ccc(F)cc2F)c1C. The molecule has 9 heteroatoms. The molecule has 2 amide bonds. The number of halogens is 2. The maximum absolute atomic E-state index is 15.3. The molecule has 0 spiro atoms. The maximum atomic E-state index is 15.3. The van der Waals surface area contributed by atoms with Crippen molar-refractivity contribution in [3.8, 4) is 5.69 Å². The molecule has 1 unspecified atom stereocenters. The van der Waals surface area contributed by atoms with E-state index in [0.717, 1.165) is 35.7 Å². The summed E-state index contributed by atoms with van der Waals surface area (Å²) in [7, 11) is 0. The van der Waals surface area contributed by atoms with Crippen LogP contribution in [0.3, 0.4) is 0 Å². The number of carbonyl (C=O) groups is 2. The molecule has 1 aromatic heterocycles. The lowest BCUT2D eigenvalue weighted by Crippen LogP contribution is -2.43. The summed E-state index contributed by atoms with van der Waals surface area (Å²) in [6, 6.07) is 9.46. The van der Waals surface area contributed by atoms with Gasteiger partial charge in [-0.1, -0.05) is 39.0 Å². The van der Waals surface area contributed by atoms with Gasteiger partial charge < -0.3 is 4.90 Å². The highest BCUT2D eigenvalue weighted by atomic mass is 32.2. The second-order valence-corrected chi connectivity index (χ2v) is 12.5. The lowest BCUT2D eigenvalue weighted by Gasteiger charge is -2.26. The summed E-state index contributed by atoms with van der Waals surface area (Å²) in [6.45, 7) is 11.3. The normalized spacial score (nSPS) is 17.9. The second kappa shape index (κ2) is 10.4. The number of carbonyl (C=O) groups excluding carboxylic acids is 2. The molecule has 1 atom stereocenters. The van der Waals surface area contributed by atoms with Crippen LogP contribution in [-0.2, 0) is 15.0 Å². The molecule has 206 valence electrons. The molecule has 39 heavy (non-hydrogen) atoms. The van der Waals surface area contributed by atoms with Gasteiger partial charge in [-0.2, -0.15) is 5.10 Å². The van der Waals surface area contributed by atoms with Crippen molar-refractivity contribution in [1.82, 2.24) is 14.7 Å². The van der Waals surface area contributed by atoms with Gasteiger partial charge in [0.2, 0.25) is 11.8 Å². The lowest BCUT2D eigenvalue weighted by atomic mass is 9.87. The van der Waals surface area contributed by atoms with E-state index in [1.54, 1.807) is 9.58 Å². The number of hydrogen-bond donors (Lipinski definition) is 0. The first-order valence-corrected chi connectivity index (χ1v) is 14.4. The van der Waals surface area contributed by atoms with E-state index in [1.807, 2.05) is 52.8 Å². The van der Waals surface area contributed by atoms with Crippen molar-refractivity contribution in [2.45, 2.75) is 58.1 Å². The highest BCUT2D eigenvalue weighted by molar-refractivity contribution is 8.00. The molecule has 0 aliphatic carbocycles. The van der Waals surface area contributed by atoms with Gasteiger partial charge in [-0.3, -0.25) is 14.5 Å². The number of nitrogens with zero attached hydrogens (tertiary/aromatic N) is 4. The monoisotopic (exact) mass is 552 g/mol. The molecule has 2 aliphatic rings. The average molecular weight is 553 g/mol. The van der Waals surface area contributed by atoms with Crippen LogP contribution in [0, 0.1) is 25.5 Å². The summed E-state index contributed by atoms with van der Waals surface area (Å²) in [5.74, 6) is -1.18. The van der Waals surface area contributed by atoms with Gasteiger partial charge in [0.25, 0.3) is 0 Å². The number of anilines is 1. The highest BCUT2D eigenvalue weighted by Gasteiger charge is 2.41. The minimum absolute atomic E-state index is 0.0415. The number of hydrogen-bond acceptors (Lipinski definition) is 4. The number of aryl methyl sites for hydroxylation is 1. The van der Waals surface area contributed by atoms with Crippen molar-refractivity contribution < 1.29 is 18.4 Å². The first kappa shape index (κ1) is 27.4. The first-order valence-electron chi connectivity index (χ1n) is 13.3. The standard InChI is InChI=1S/C30H34F2N4O2S/c1-18-9-8-10-23(19(18)2)36-29-26(28(33-36)30(3,4)5)27(21-12-11-20(31)15-22(21)32)39-17-25(38)35(29)16-24(37)34-13-6-7-14-34/h8-12,15,27H,6-7,13-14,16-17H2,1-5H3. The van der Waals surface area contributed by atoms with Crippen LogP contribution in [0.4, 0.5) is 14.6 Å². The lowest BCUT2D eigenvalue weighted by molar-refractivity contribution is -0.130. The van der Waals surface area contributed by atoms with E-state index < -0.39 is 22.3 Å². The van der Waals surface area contributed by atoms with Crippen molar-refractivity contribution in [3.63, 3.8) is 0 Å². The van der Waals surface area contributed by atoms with Crippen LogP contribution in [0.25, 0.3) is 5.69 Å². The molecule has 2 aliphatic heterocycles. The second-order valence-electron chi connectivity index (χ2n) is 11.4. The summed E-state index contributed by atoms with van der Waals surface area (Å²) in [5, 5.41) is 4.46. The minimum atomic E-state index is -0.674. The zero-order valence-corrected chi connectivity index (χ0v) is 23.9. The van der Waals surface area contributed by atoms with Crippen LogP contribution in [0.1, 0.15) is 66.8 Å². The predicted octanol–water partition coefficient (Wildman–Crippen LogP) is 5.86. The van der Waals surface area contributed by atoms with Crippen molar-refractivity contribution in [2.75, 3.05) is 30.3 Å². The smallest absolute Gasteiger partial charge is 0.242 e. The van der Waals surface area contributed by atoms with E-state index in [-0.39, 0.29) is 29.7 Å². The van der Waals surface area contributed by atoms with Gasteiger partial charge in [-0.15, -0.1) is 11.8 Å². The van der Waals surface area contributed by atoms with Gasteiger partial charge in [0.15, 0.2) is 0 Å². The van der Waals surface area contributed by atoms with E-state index in [0.29, 0.717) is 30.2 Å². The number of aromatic nitrogens is 2. The number of amides is 2. The molecule has 5 rings (SSSR count). The van der Waals surface area contributed by atoms with E-state index in [2.05, 4.69) is 0 Å². The van der Waals surface area contributed by atoms with Crippen LogP contribution in [0.2, 0.25) is 0 Å². The summed E-state index contributed by atoms with van der Waals surface area (Å²) < 4.78 is 31.0. The van der Waals surface area contributed by atoms with Crippen LogP contribution < -0.4 is 4.90 Å². The number of rotatable bonds is 4. The maximum Gasteiger partial charge on any atom is 0.242 e. The number of likely N-dealkylation sites (tertiary alicyclic amines) is 1. The summed E-state index contributed by atoms with van der Waals surface area (Å²) in [5.41, 5.74) is 4.03. The fourth-order valence-corrected chi connectivity index (χ4v) is 6.59. The fourth-order valence-electron chi connectivity index (χ4n) is 5.37. The van der Waals surface area contributed by atoms with Gasteiger partial charge in [0.1, 0.15) is 24.0 Å². The van der Waals surface area contributed by atoms with E-state index in [9.17, 15) is 14.0 Å². The average Bonchev–Trinajstić information content (AvgIpc) is 3.52. The fraction of sp³-hybridized carbons (Fsp3) is 0.433. The molecule has 0 saturated carbocycles. The third kappa shape index (κ3) is 5.09. The zero-order valence-electron chi connectivity index (χ0n) is 23.1. The van der Waals surface area contributed by atoms with Crippen LogP contribution in [0.5, 0.6) is 0 Å². The Hall–Kier alpha value is -3.20. The van der Waals surface area contributed by atoms with Crippen LogP contribution in [0.15, 0.2) is 36.4 Å². The van der Waals surface area contributed by atoms with Gasteiger partial charge in [0, 0.05) is 35.7 Å². The van der Waals surface area contributed by atoms with Crippen molar-refractivity contribution >= 4 is 29.4 Å². The van der Waals surface area contributed by atoms with E-state index in [4.69, 9.17) is 5.10 Å². The Labute approximate surface area is 232 Å². The first-order chi connectivity index (χ1) is 18.5. The largest absolute Gasteiger partial charge is 0.341 e. The summed E-state index contributed by atoms with van der Waals surface area (Å²) in [6.07, 6.45) is 1.89. The number of thioether (sulfide) groups is 1. The predicted molar refractivity (Wildman–Crippen MR) is 151 cm³/mol. The Kier molecular flexibility index (Phi) is 7.31. The van der Waals surface area contributed by atoms with Crippen molar-refractivity contribution in [1.29, 1.82) is 0 Å². The minimum Gasteiger partial charge on any atom is -0.341 e. The van der Waals surface area contributed by atoms with Gasteiger partial charge >= 0.3 is 0 Å². The van der Waals surface area contributed by atoms with Gasteiger partial charge in [-0.25, -0.2) is 13.5 Å². The third-order valence-electron chi connectivity index (χ3n) is 7.60. The Morgan fingerprint density at radius 2 is 1.82 bits per heavy atom. The molecule has 0 N–H and O–H groups in total.